The third kappa shape index (κ3) is 6.79. The van der Waals surface area contributed by atoms with E-state index in [1.807, 2.05) is 0 Å². The maximum atomic E-state index is 9.45. The number of rotatable bonds is 13. The molecule has 6 aromatic rings. The van der Waals surface area contributed by atoms with Gasteiger partial charge in [0, 0.05) is 0 Å². The topological polar surface area (TPSA) is 0 Å². The molecule has 6 aromatic carbocycles. The predicted octanol–water partition coefficient (Wildman–Crippen LogP) is 14.0. The molecule has 2 unspecified atom stereocenters. The van der Waals surface area contributed by atoms with Crippen LogP contribution < -0.4 is 13.6 Å². The summed E-state index contributed by atoms with van der Waals surface area (Å²) < 4.78 is 1.10. The van der Waals surface area contributed by atoms with Crippen molar-refractivity contribution in [1.29, 1.82) is 0 Å². The number of fused-ring (bicyclic) bond motifs is 5. The van der Waals surface area contributed by atoms with Crippen LogP contribution in [0.1, 0.15) is 108 Å². The van der Waals surface area contributed by atoms with E-state index >= 15 is 0 Å². The van der Waals surface area contributed by atoms with Gasteiger partial charge < -0.3 is 0 Å². The Morgan fingerprint density at radius 3 is 1.48 bits per heavy atom. The van der Waals surface area contributed by atoms with Crippen molar-refractivity contribution in [2.24, 2.45) is 11.8 Å². The molecule has 1 heterocycles. The van der Waals surface area contributed by atoms with Gasteiger partial charge in [-0.3, -0.25) is 0 Å². The van der Waals surface area contributed by atoms with Gasteiger partial charge in [0.15, 0.2) is 0 Å². The van der Waals surface area contributed by atoms with Crippen molar-refractivity contribution >= 4 is 52.3 Å². The standard InChI is InChI=1S/2C22H25.C12H9Si.2ClH.Zr/c2*1-4-5-9-18-12-13-19-14-20(16(2)3)15-21(19)22(18)17-10-7-6-8-11-17;1-3-7-11-9(5-1)10-6-2-4-8-12(10)13-11;;;/h2*6-8,10-16H,4-5,9H2,1-3H3;1-7H,13H2;2*1H;/q;;;;;+2/p-2. The molecule has 0 radical (unpaired) electrons. The molecule has 3 aliphatic rings. The minimum absolute atomic E-state index is 0.102. The zero-order chi connectivity index (χ0) is 41.8. The van der Waals surface area contributed by atoms with Crippen LogP contribution in [0.5, 0.6) is 0 Å². The quantitative estimate of drug-likeness (QED) is 0.101. The molecule has 0 N–H and O–H groups in total. The molecule has 60 heavy (non-hydrogen) atoms. The maximum absolute atomic E-state index is 9.45. The third-order valence-corrected chi connectivity index (χ3v) is 36.7. The Bertz CT molecular complexity index is 2520. The zero-order valence-corrected chi connectivity index (χ0v) is 41.7. The molecule has 0 spiro atoms. The molecule has 9 rings (SSSR count). The number of halogens is 2. The van der Waals surface area contributed by atoms with Gasteiger partial charge in [-0.15, -0.1) is 0 Å². The van der Waals surface area contributed by atoms with Crippen molar-refractivity contribution in [3.63, 3.8) is 0 Å². The second kappa shape index (κ2) is 16.6. The van der Waals surface area contributed by atoms with E-state index in [4.69, 9.17) is 0 Å². The molecule has 1 aliphatic heterocycles. The summed E-state index contributed by atoms with van der Waals surface area (Å²) in [4.78, 5) is 0. The number of hydrogen-bond donors (Lipinski definition) is 0. The monoisotopic (exact) mass is 919 g/mol. The molecule has 0 amide bonds. The number of hydrogen-bond acceptors (Lipinski definition) is 0. The molecule has 4 heteroatoms. The fourth-order valence-electron chi connectivity index (χ4n) is 11.3. The first-order valence-corrected chi connectivity index (χ1v) is 34.5. The van der Waals surface area contributed by atoms with Gasteiger partial charge >= 0.3 is 373 Å². The summed E-state index contributed by atoms with van der Waals surface area (Å²) in [6.45, 7) is 14.1. The summed E-state index contributed by atoms with van der Waals surface area (Å²) in [7, 11) is 18.0. The second-order valence-electron chi connectivity index (χ2n) is 18.4. The van der Waals surface area contributed by atoms with Crippen LogP contribution in [0.25, 0.3) is 45.5 Å². The average molecular weight is 922 g/mol. The molecule has 0 fully saturated rings. The molecule has 0 saturated carbocycles. The number of unbranched alkanes of at least 4 members (excludes halogenated alkanes) is 2. The van der Waals surface area contributed by atoms with Crippen LogP contribution in [0.4, 0.5) is 0 Å². The van der Waals surface area contributed by atoms with Crippen LogP contribution in [0.15, 0.2) is 139 Å². The van der Waals surface area contributed by atoms with Crippen LogP contribution in [-0.4, -0.2) is 9.52 Å². The Morgan fingerprint density at radius 2 is 1.00 bits per heavy atom. The van der Waals surface area contributed by atoms with Crippen LogP contribution in [0.3, 0.4) is 0 Å². The molecule has 0 aromatic heterocycles. The van der Waals surface area contributed by atoms with Crippen molar-refractivity contribution in [3.05, 3.63) is 172 Å². The van der Waals surface area contributed by atoms with Crippen LogP contribution in [0.2, 0.25) is 0 Å². The summed E-state index contributed by atoms with van der Waals surface area (Å²) in [6, 6.07) is 48.2. The number of aryl methyl sites for hydroxylation is 2. The minimum atomic E-state index is -5.69. The van der Waals surface area contributed by atoms with Gasteiger partial charge in [0.05, 0.1) is 0 Å². The summed E-state index contributed by atoms with van der Waals surface area (Å²) >= 11 is -5.69. The number of benzene rings is 6. The van der Waals surface area contributed by atoms with Crippen molar-refractivity contribution in [1.82, 2.24) is 0 Å². The molecule has 0 nitrogen and oxygen atoms in total. The molecular formula is C56H59Cl2SiZr. The Kier molecular flexibility index (Phi) is 11.6. The van der Waals surface area contributed by atoms with Crippen LogP contribution in [-0.2, 0) is 29.2 Å². The number of allylic oxidation sites excluding steroid dienone is 2. The summed E-state index contributed by atoms with van der Waals surface area (Å²) in [6.07, 6.45) is 11.9. The van der Waals surface area contributed by atoms with Gasteiger partial charge in [0.2, 0.25) is 0 Å². The van der Waals surface area contributed by atoms with E-state index in [9.17, 15) is 17.0 Å². The van der Waals surface area contributed by atoms with Crippen LogP contribution in [0, 0.1) is 11.8 Å². The summed E-state index contributed by atoms with van der Waals surface area (Å²) in [5.41, 5.74) is 19.0. The van der Waals surface area contributed by atoms with Crippen LogP contribution >= 0.6 is 17.0 Å². The second-order valence-corrected chi connectivity index (χ2v) is 40.9. The Hall–Kier alpha value is -3.52. The molecule has 305 valence electrons. The molecular weight excluding hydrogens is 863 g/mol. The molecule has 0 bridgehead atoms. The van der Waals surface area contributed by atoms with E-state index < -0.39 is 25.9 Å². The fraction of sp³-hybridized carbons (Fsp3) is 0.286. The summed E-state index contributed by atoms with van der Waals surface area (Å²) in [5.74, 6) is 0.510. The van der Waals surface area contributed by atoms with Crippen molar-refractivity contribution in [2.45, 2.75) is 87.3 Å². The van der Waals surface area contributed by atoms with E-state index in [1.165, 1.54) is 91.6 Å². The molecule has 2 aliphatic carbocycles. The van der Waals surface area contributed by atoms with Gasteiger partial charge in [-0.25, -0.2) is 0 Å². The Balaban J connectivity index is 1.39. The van der Waals surface area contributed by atoms with Gasteiger partial charge in [0.25, 0.3) is 0 Å². The van der Waals surface area contributed by atoms with Gasteiger partial charge in [-0.05, 0) is 0 Å². The van der Waals surface area contributed by atoms with Gasteiger partial charge in [0.1, 0.15) is 0 Å². The first-order chi connectivity index (χ1) is 29.1. The first-order valence-electron chi connectivity index (χ1n) is 22.7. The van der Waals surface area contributed by atoms with E-state index in [0.29, 0.717) is 0 Å². The van der Waals surface area contributed by atoms with Crippen molar-refractivity contribution < 1.29 is 16.4 Å². The van der Waals surface area contributed by atoms with Crippen molar-refractivity contribution in [2.75, 3.05) is 0 Å². The Labute approximate surface area is 370 Å². The average Bonchev–Trinajstić information content (AvgIpc) is 3.98. The van der Waals surface area contributed by atoms with Gasteiger partial charge in [-0.1, -0.05) is 0 Å². The molecule has 0 saturated heterocycles. The van der Waals surface area contributed by atoms with E-state index in [0.717, 1.165) is 38.5 Å². The zero-order valence-electron chi connectivity index (χ0n) is 36.3. The summed E-state index contributed by atoms with van der Waals surface area (Å²) in [5, 5.41) is 2.98. The third-order valence-electron chi connectivity index (χ3n) is 14.1. The first kappa shape index (κ1) is 41.8. The Morgan fingerprint density at radius 1 is 0.533 bits per heavy atom. The van der Waals surface area contributed by atoms with E-state index in [-0.39, 0.29) is 19.1 Å². The van der Waals surface area contributed by atoms with Gasteiger partial charge in [-0.2, -0.15) is 0 Å². The van der Waals surface area contributed by atoms with E-state index in [1.54, 1.807) is 0 Å². The van der Waals surface area contributed by atoms with Crippen molar-refractivity contribution in [3.8, 4) is 33.4 Å². The normalized spacial score (nSPS) is 17.6. The fourth-order valence-corrected chi connectivity index (χ4v) is 39.6. The molecule has 2 atom stereocenters. The van der Waals surface area contributed by atoms with E-state index in [2.05, 4.69) is 181 Å². The SMILES string of the molecule is CCCCc1ccc2c(c1-c1ccccc1)C=C(C(C)C)[CH]2[Zr]([Cl])([Cl])([c]1cccc2c1[SiH2]c1ccccc1-2)[CH]1C(C(C)C)=Cc2c1ccc(CCCC)c2-c1ccccc1. The predicted molar refractivity (Wildman–Crippen MR) is 263 cm³/mol.